The lowest BCUT2D eigenvalue weighted by molar-refractivity contribution is -0.688. The maximum Gasteiger partial charge on any atom is 0.336 e. The third-order valence-corrected chi connectivity index (χ3v) is 5.57. The van der Waals surface area contributed by atoms with E-state index in [-0.39, 0.29) is 5.63 Å². The quantitative estimate of drug-likeness (QED) is 0.430. The second-order valence-electron chi connectivity index (χ2n) is 7.77. The minimum absolute atomic E-state index is 0.288. The average Bonchev–Trinajstić information content (AvgIpc) is 2.63. The molecule has 142 valence electrons. The number of fused-ring (bicyclic) bond motifs is 1. The smallest absolute Gasteiger partial charge is 0.336 e. The van der Waals surface area contributed by atoms with Crippen LogP contribution in [0.15, 0.2) is 51.9 Å². The Balaban J connectivity index is 2.01. The Bertz CT molecular complexity index is 980. The minimum atomic E-state index is -0.288. The maximum atomic E-state index is 12.1. The van der Waals surface area contributed by atoms with Gasteiger partial charge in [-0.15, -0.1) is 0 Å². The number of aromatic nitrogens is 1. The monoisotopic (exact) mass is 364 g/mol. The van der Waals surface area contributed by atoms with Crippen LogP contribution >= 0.6 is 0 Å². The van der Waals surface area contributed by atoms with Gasteiger partial charge in [-0.05, 0) is 60.4 Å². The van der Waals surface area contributed by atoms with Crippen LogP contribution in [-0.4, -0.2) is 0 Å². The molecule has 0 N–H and O–H groups in total. The van der Waals surface area contributed by atoms with Gasteiger partial charge < -0.3 is 4.42 Å². The van der Waals surface area contributed by atoms with E-state index >= 15 is 0 Å². The van der Waals surface area contributed by atoms with Crippen LogP contribution in [0.4, 0.5) is 0 Å². The molecule has 3 aromatic rings. The number of hydrogen-bond acceptors (Lipinski definition) is 2. The highest BCUT2D eigenvalue weighted by atomic mass is 16.4. The molecule has 0 atom stereocenters. The van der Waals surface area contributed by atoms with Gasteiger partial charge in [-0.1, -0.05) is 27.7 Å². The van der Waals surface area contributed by atoms with Crippen molar-refractivity contribution in [1.82, 2.24) is 0 Å². The van der Waals surface area contributed by atoms with Crippen molar-refractivity contribution < 1.29 is 8.98 Å². The third-order valence-electron chi connectivity index (χ3n) is 5.57. The number of rotatable bonds is 6. The molecule has 0 aliphatic carbocycles. The maximum absolute atomic E-state index is 12.1. The molecule has 0 radical (unpaired) electrons. The van der Waals surface area contributed by atoms with Crippen LogP contribution in [0, 0.1) is 6.92 Å². The van der Waals surface area contributed by atoms with E-state index in [0.29, 0.717) is 24.0 Å². The van der Waals surface area contributed by atoms with Gasteiger partial charge in [0.25, 0.3) is 0 Å². The van der Waals surface area contributed by atoms with Crippen LogP contribution in [0.5, 0.6) is 0 Å². The molecular formula is C24H30NO2+. The van der Waals surface area contributed by atoms with Crippen LogP contribution in [0.1, 0.15) is 74.6 Å². The molecule has 3 heteroatoms. The fourth-order valence-electron chi connectivity index (χ4n) is 3.95. The average molecular weight is 365 g/mol. The van der Waals surface area contributed by atoms with Crippen molar-refractivity contribution in [2.75, 3.05) is 0 Å². The summed E-state index contributed by atoms with van der Waals surface area (Å²) >= 11 is 0. The summed E-state index contributed by atoms with van der Waals surface area (Å²) in [5.74, 6) is 1.04. The SMILES string of the molecule is CCC(CC)c1cc[n+](Cc2cc(=O)oc3cc(C)c(C(C)C)cc23)cc1. The molecule has 27 heavy (non-hydrogen) atoms. The summed E-state index contributed by atoms with van der Waals surface area (Å²) in [5.41, 5.74) is 5.23. The minimum Gasteiger partial charge on any atom is -0.423 e. The molecule has 0 aliphatic heterocycles. The predicted octanol–water partition coefficient (Wildman–Crippen LogP) is 5.46. The summed E-state index contributed by atoms with van der Waals surface area (Å²) in [5, 5.41) is 1.03. The molecule has 2 heterocycles. The van der Waals surface area contributed by atoms with Crippen LogP contribution < -0.4 is 10.2 Å². The van der Waals surface area contributed by atoms with Gasteiger partial charge in [0, 0.05) is 29.1 Å². The summed E-state index contributed by atoms with van der Waals surface area (Å²) in [6.07, 6.45) is 6.54. The Labute approximate surface area is 161 Å². The van der Waals surface area contributed by atoms with Gasteiger partial charge in [0.15, 0.2) is 18.9 Å². The Kier molecular flexibility index (Phi) is 5.79. The van der Waals surface area contributed by atoms with Crippen molar-refractivity contribution in [3.05, 3.63) is 75.4 Å². The molecule has 1 aromatic carbocycles. The first kappa shape index (κ1) is 19.3. The predicted molar refractivity (Wildman–Crippen MR) is 110 cm³/mol. The van der Waals surface area contributed by atoms with Crippen molar-refractivity contribution in [2.24, 2.45) is 0 Å². The van der Waals surface area contributed by atoms with Crippen LogP contribution in [0.3, 0.4) is 0 Å². The lowest BCUT2D eigenvalue weighted by Crippen LogP contribution is -2.33. The molecule has 0 amide bonds. The summed E-state index contributed by atoms with van der Waals surface area (Å²) < 4.78 is 7.60. The van der Waals surface area contributed by atoms with Crippen molar-refractivity contribution in [1.29, 1.82) is 0 Å². The molecule has 3 rings (SSSR count). The molecular weight excluding hydrogens is 334 g/mol. The number of hydrogen-bond donors (Lipinski definition) is 0. The topological polar surface area (TPSA) is 34.1 Å². The Morgan fingerprint density at radius 3 is 2.30 bits per heavy atom. The summed E-state index contributed by atoms with van der Waals surface area (Å²) in [7, 11) is 0. The van der Waals surface area contributed by atoms with E-state index in [1.807, 2.05) is 6.07 Å². The summed E-state index contributed by atoms with van der Waals surface area (Å²) in [4.78, 5) is 12.1. The van der Waals surface area contributed by atoms with Gasteiger partial charge >= 0.3 is 5.63 Å². The number of pyridine rings is 1. The van der Waals surface area contributed by atoms with Crippen molar-refractivity contribution in [2.45, 2.75) is 65.8 Å². The van der Waals surface area contributed by atoms with Crippen molar-refractivity contribution >= 4 is 11.0 Å². The molecule has 0 saturated carbocycles. The van der Waals surface area contributed by atoms with E-state index in [9.17, 15) is 4.79 Å². The second kappa shape index (κ2) is 8.08. The van der Waals surface area contributed by atoms with Gasteiger partial charge in [0.2, 0.25) is 0 Å². The Morgan fingerprint density at radius 1 is 1.04 bits per heavy atom. The summed E-state index contributed by atoms with van der Waals surface area (Å²) in [6.45, 7) is 11.6. The highest BCUT2D eigenvalue weighted by Crippen LogP contribution is 2.27. The Morgan fingerprint density at radius 2 is 1.70 bits per heavy atom. The van der Waals surface area contributed by atoms with Crippen LogP contribution in [-0.2, 0) is 6.54 Å². The fourth-order valence-corrected chi connectivity index (χ4v) is 3.95. The normalized spacial score (nSPS) is 11.7. The molecule has 0 saturated heterocycles. The zero-order valence-corrected chi connectivity index (χ0v) is 17.1. The van der Waals surface area contributed by atoms with Crippen molar-refractivity contribution in [3.63, 3.8) is 0 Å². The van der Waals surface area contributed by atoms with Crippen LogP contribution in [0.2, 0.25) is 0 Å². The molecule has 0 spiro atoms. The fraction of sp³-hybridized carbons (Fsp3) is 0.417. The zero-order valence-electron chi connectivity index (χ0n) is 17.1. The van der Waals surface area contributed by atoms with Crippen LogP contribution in [0.25, 0.3) is 11.0 Å². The molecule has 0 aliphatic rings. The van der Waals surface area contributed by atoms with Crippen molar-refractivity contribution in [3.8, 4) is 0 Å². The zero-order chi connectivity index (χ0) is 19.6. The van der Waals surface area contributed by atoms with E-state index in [4.69, 9.17) is 4.42 Å². The van der Waals surface area contributed by atoms with Gasteiger partial charge in [0.1, 0.15) is 5.58 Å². The third kappa shape index (κ3) is 4.13. The number of nitrogens with zero attached hydrogens (tertiary/aromatic N) is 1. The largest absolute Gasteiger partial charge is 0.423 e. The highest BCUT2D eigenvalue weighted by molar-refractivity contribution is 5.82. The summed E-state index contributed by atoms with van der Waals surface area (Å²) in [6, 6.07) is 10.2. The van der Waals surface area contributed by atoms with Gasteiger partial charge in [-0.25, -0.2) is 9.36 Å². The Hall–Kier alpha value is -2.42. The van der Waals surface area contributed by atoms with E-state index in [0.717, 1.165) is 23.8 Å². The van der Waals surface area contributed by atoms with E-state index in [2.05, 4.69) is 69.8 Å². The number of aryl methyl sites for hydroxylation is 1. The molecule has 3 nitrogen and oxygen atoms in total. The molecule has 0 bridgehead atoms. The first-order valence-corrected chi connectivity index (χ1v) is 9.99. The second-order valence-corrected chi connectivity index (χ2v) is 7.77. The van der Waals surface area contributed by atoms with E-state index in [1.165, 1.54) is 16.7 Å². The van der Waals surface area contributed by atoms with Gasteiger partial charge in [-0.2, -0.15) is 0 Å². The first-order chi connectivity index (χ1) is 12.9. The lowest BCUT2D eigenvalue weighted by Gasteiger charge is -2.13. The van der Waals surface area contributed by atoms with Gasteiger partial charge in [0.05, 0.1) is 0 Å². The first-order valence-electron chi connectivity index (χ1n) is 9.99. The molecule has 0 unspecified atom stereocenters. The van der Waals surface area contributed by atoms with E-state index < -0.39 is 0 Å². The van der Waals surface area contributed by atoms with Gasteiger partial charge in [-0.3, -0.25) is 0 Å². The molecule has 2 aromatic heterocycles. The standard InChI is InChI=1S/C24H30NO2/c1-6-18(7-2)19-8-10-25(11-9-19)15-20-13-24(26)27-23-12-17(5)21(16(3)4)14-22(20)23/h8-14,16,18H,6-7,15H2,1-5H3/q+1. The highest BCUT2D eigenvalue weighted by Gasteiger charge is 2.15. The lowest BCUT2D eigenvalue weighted by atomic mass is 9.94. The van der Waals surface area contributed by atoms with E-state index in [1.54, 1.807) is 6.07 Å². The molecule has 0 fully saturated rings. The number of benzene rings is 1.